The lowest BCUT2D eigenvalue weighted by Gasteiger charge is -2.24. The molecule has 0 amide bonds. The van der Waals surface area contributed by atoms with Gasteiger partial charge in [-0.2, -0.15) is 0 Å². The Hall–Kier alpha value is -0.910. The molecule has 0 aliphatic carbocycles. The average Bonchev–Trinajstić information content (AvgIpc) is 2.89. The zero-order valence-electron chi connectivity index (χ0n) is 10.9. The fourth-order valence-electron chi connectivity index (χ4n) is 2.48. The van der Waals surface area contributed by atoms with Crippen molar-refractivity contribution < 1.29 is 4.74 Å². The molecule has 0 saturated carbocycles. The number of likely N-dealkylation sites (N-methyl/N-ethyl adjacent to an activating group) is 2. The predicted molar refractivity (Wildman–Crippen MR) is 66.8 cm³/mol. The van der Waals surface area contributed by atoms with E-state index in [1.54, 1.807) is 13.3 Å². The van der Waals surface area contributed by atoms with E-state index in [-0.39, 0.29) is 0 Å². The van der Waals surface area contributed by atoms with E-state index in [1.807, 2.05) is 6.20 Å². The van der Waals surface area contributed by atoms with Crippen LogP contribution < -0.4 is 0 Å². The number of rotatable bonds is 5. The van der Waals surface area contributed by atoms with Crippen LogP contribution in [0.3, 0.4) is 0 Å². The van der Waals surface area contributed by atoms with E-state index in [2.05, 4.69) is 33.9 Å². The molecule has 2 atom stereocenters. The van der Waals surface area contributed by atoms with Gasteiger partial charge in [0.05, 0.1) is 12.6 Å². The van der Waals surface area contributed by atoms with Crippen LogP contribution in [0.5, 0.6) is 0 Å². The molecule has 2 rings (SSSR count). The number of hydrogen-bond acceptors (Lipinski definition) is 4. The average molecular weight is 238 g/mol. The van der Waals surface area contributed by atoms with Gasteiger partial charge in [-0.15, -0.1) is 0 Å². The summed E-state index contributed by atoms with van der Waals surface area (Å²) >= 11 is 0. The lowest BCUT2D eigenvalue weighted by Crippen LogP contribution is -2.36. The third-order valence-corrected chi connectivity index (χ3v) is 3.48. The molecule has 0 spiro atoms. The van der Waals surface area contributed by atoms with Gasteiger partial charge in [-0.1, -0.05) is 0 Å². The molecule has 1 saturated heterocycles. The van der Waals surface area contributed by atoms with Crippen molar-refractivity contribution in [2.75, 3.05) is 34.3 Å². The molecule has 96 valence electrons. The van der Waals surface area contributed by atoms with Crippen molar-refractivity contribution in [1.29, 1.82) is 0 Å². The fourth-order valence-corrected chi connectivity index (χ4v) is 2.48. The zero-order chi connectivity index (χ0) is 12.3. The molecule has 1 N–H and O–H groups in total. The highest BCUT2D eigenvalue weighted by Crippen LogP contribution is 2.18. The van der Waals surface area contributed by atoms with E-state index in [0.717, 1.165) is 31.9 Å². The maximum atomic E-state index is 5.42. The summed E-state index contributed by atoms with van der Waals surface area (Å²) in [4.78, 5) is 12.1. The molecule has 1 fully saturated rings. The summed E-state index contributed by atoms with van der Waals surface area (Å²) in [5.74, 6) is 1.02. The summed E-state index contributed by atoms with van der Waals surface area (Å²) in [6, 6.07) is 0.583. The summed E-state index contributed by atoms with van der Waals surface area (Å²) in [5.41, 5.74) is 0. The van der Waals surface area contributed by atoms with E-state index >= 15 is 0 Å². The third kappa shape index (κ3) is 3.28. The molecule has 5 heteroatoms. The molecular formula is C12H22N4O. The number of nitrogens with one attached hydrogen (secondary N) is 1. The Labute approximate surface area is 103 Å². The van der Waals surface area contributed by atoms with Crippen molar-refractivity contribution in [3.05, 3.63) is 18.2 Å². The minimum absolute atomic E-state index is 0.391. The molecule has 2 heterocycles. The first-order chi connectivity index (χ1) is 8.19. The SMILES string of the molecule is CO[C@H]1C[C@@H](CN(C)Cc2ncc[nH]2)N(C)C1. The first-order valence-corrected chi connectivity index (χ1v) is 6.09. The van der Waals surface area contributed by atoms with Gasteiger partial charge in [0.1, 0.15) is 5.82 Å². The van der Waals surface area contributed by atoms with Crippen LogP contribution in [0.25, 0.3) is 0 Å². The quantitative estimate of drug-likeness (QED) is 0.814. The molecular weight excluding hydrogens is 216 g/mol. The number of aromatic amines is 1. The Morgan fingerprint density at radius 2 is 2.47 bits per heavy atom. The van der Waals surface area contributed by atoms with Crippen LogP contribution in [-0.2, 0) is 11.3 Å². The van der Waals surface area contributed by atoms with Crippen molar-refractivity contribution in [2.24, 2.45) is 0 Å². The minimum Gasteiger partial charge on any atom is -0.380 e. The Morgan fingerprint density at radius 1 is 1.65 bits per heavy atom. The van der Waals surface area contributed by atoms with Gasteiger partial charge in [0.25, 0.3) is 0 Å². The van der Waals surface area contributed by atoms with Gasteiger partial charge in [0.2, 0.25) is 0 Å². The predicted octanol–water partition coefficient (Wildman–Crippen LogP) is 0.561. The number of methoxy groups -OCH3 is 1. The van der Waals surface area contributed by atoms with Crippen LogP contribution >= 0.6 is 0 Å². The molecule has 1 aromatic heterocycles. The normalized spacial score (nSPS) is 25.9. The van der Waals surface area contributed by atoms with Crippen LogP contribution in [0.1, 0.15) is 12.2 Å². The second-order valence-corrected chi connectivity index (χ2v) is 4.92. The van der Waals surface area contributed by atoms with E-state index < -0.39 is 0 Å². The second kappa shape index (κ2) is 5.62. The highest BCUT2D eigenvalue weighted by Gasteiger charge is 2.29. The molecule has 1 aromatic rings. The smallest absolute Gasteiger partial charge is 0.120 e. The second-order valence-electron chi connectivity index (χ2n) is 4.92. The molecule has 1 aliphatic rings. The summed E-state index contributed by atoms with van der Waals surface area (Å²) < 4.78 is 5.42. The largest absolute Gasteiger partial charge is 0.380 e. The number of hydrogen-bond donors (Lipinski definition) is 1. The van der Waals surface area contributed by atoms with Gasteiger partial charge in [-0.05, 0) is 20.5 Å². The molecule has 1 aliphatic heterocycles. The summed E-state index contributed by atoms with van der Waals surface area (Å²) in [6.07, 6.45) is 5.18. The topological polar surface area (TPSA) is 44.4 Å². The lowest BCUT2D eigenvalue weighted by atomic mass is 10.2. The zero-order valence-corrected chi connectivity index (χ0v) is 10.9. The number of nitrogens with zero attached hydrogens (tertiary/aromatic N) is 3. The van der Waals surface area contributed by atoms with E-state index in [9.17, 15) is 0 Å². The van der Waals surface area contributed by atoms with E-state index in [4.69, 9.17) is 4.74 Å². The molecule has 0 radical (unpaired) electrons. The van der Waals surface area contributed by atoms with Crippen molar-refractivity contribution in [3.63, 3.8) is 0 Å². The van der Waals surface area contributed by atoms with E-state index in [1.165, 1.54) is 0 Å². The molecule has 0 unspecified atom stereocenters. The van der Waals surface area contributed by atoms with Gasteiger partial charge in [-0.25, -0.2) is 4.98 Å². The number of aromatic nitrogens is 2. The first kappa shape index (κ1) is 12.5. The van der Waals surface area contributed by atoms with Crippen molar-refractivity contribution in [3.8, 4) is 0 Å². The van der Waals surface area contributed by atoms with Gasteiger partial charge in [-0.3, -0.25) is 9.80 Å². The van der Waals surface area contributed by atoms with Gasteiger partial charge < -0.3 is 9.72 Å². The summed E-state index contributed by atoms with van der Waals surface area (Å²) in [7, 11) is 6.11. The van der Waals surface area contributed by atoms with Crippen molar-refractivity contribution in [1.82, 2.24) is 19.8 Å². The highest BCUT2D eigenvalue weighted by molar-refractivity contribution is 4.89. The standard InChI is InChI=1S/C12H22N4O/c1-15(9-12-13-4-5-14-12)7-10-6-11(17-3)8-16(10)2/h4-5,10-11H,6-9H2,1-3H3,(H,13,14)/t10-,11-/m0/s1. The molecule has 0 aromatic carbocycles. The first-order valence-electron chi connectivity index (χ1n) is 6.09. The van der Waals surface area contributed by atoms with E-state index in [0.29, 0.717) is 12.1 Å². The Balaban J connectivity index is 1.80. The number of H-pyrrole nitrogens is 1. The van der Waals surface area contributed by atoms with Crippen LogP contribution in [0.2, 0.25) is 0 Å². The van der Waals surface area contributed by atoms with Crippen molar-refractivity contribution >= 4 is 0 Å². The molecule has 17 heavy (non-hydrogen) atoms. The number of imidazole rings is 1. The maximum absolute atomic E-state index is 5.42. The lowest BCUT2D eigenvalue weighted by molar-refractivity contribution is 0.111. The number of ether oxygens (including phenoxy) is 1. The molecule has 5 nitrogen and oxygen atoms in total. The number of likely N-dealkylation sites (tertiary alicyclic amines) is 1. The maximum Gasteiger partial charge on any atom is 0.120 e. The van der Waals surface area contributed by atoms with Gasteiger partial charge in [0, 0.05) is 38.6 Å². The van der Waals surface area contributed by atoms with Crippen LogP contribution in [0, 0.1) is 0 Å². The Kier molecular flexibility index (Phi) is 4.15. The Morgan fingerprint density at radius 3 is 3.06 bits per heavy atom. The highest BCUT2D eigenvalue weighted by atomic mass is 16.5. The van der Waals surface area contributed by atoms with Crippen LogP contribution in [-0.4, -0.2) is 66.2 Å². The monoisotopic (exact) mass is 238 g/mol. The van der Waals surface area contributed by atoms with Gasteiger partial charge in [0.15, 0.2) is 0 Å². The Bertz CT molecular complexity index is 327. The van der Waals surface area contributed by atoms with Crippen LogP contribution in [0.4, 0.5) is 0 Å². The third-order valence-electron chi connectivity index (χ3n) is 3.48. The summed E-state index contributed by atoms with van der Waals surface area (Å²) in [5, 5.41) is 0. The summed E-state index contributed by atoms with van der Waals surface area (Å²) in [6.45, 7) is 2.96. The minimum atomic E-state index is 0.391. The van der Waals surface area contributed by atoms with Crippen LogP contribution in [0.15, 0.2) is 12.4 Å². The fraction of sp³-hybridized carbons (Fsp3) is 0.750. The van der Waals surface area contributed by atoms with Gasteiger partial charge >= 0.3 is 0 Å². The van der Waals surface area contributed by atoms with Crippen molar-refractivity contribution in [2.45, 2.75) is 25.1 Å². The molecule has 0 bridgehead atoms.